The average Bonchev–Trinajstić information content (AvgIpc) is 2.46. The van der Waals surface area contributed by atoms with Gasteiger partial charge in [0, 0.05) is 24.3 Å². The van der Waals surface area contributed by atoms with E-state index < -0.39 is 0 Å². The van der Waals surface area contributed by atoms with Gasteiger partial charge in [-0.25, -0.2) is 4.98 Å². The lowest BCUT2D eigenvalue weighted by Gasteiger charge is -2.22. The van der Waals surface area contributed by atoms with Crippen LogP contribution in [0.25, 0.3) is 0 Å². The van der Waals surface area contributed by atoms with Crippen LogP contribution in [0.4, 0.5) is 11.5 Å². The van der Waals surface area contributed by atoms with Crippen molar-refractivity contribution >= 4 is 23.1 Å². The Hall–Kier alpha value is -1.54. The van der Waals surface area contributed by atoms with Crippen molar-refractivity contribution in [2.75, 3.05) is 11.9 Å². The summed E-state index contributed by atoms with van der Waals surface area (Å²) >= 11 is 6.03. The number of alkyl halides is 1. The molecule has 1 aromatic carbocycles. The van der Waals surface area contributed by atoms with E-state index in [0.717, 1.165) is 29.9 Å². The van der Waals surface area contributed by atoms with Gasteiger partial charge in [0.25, 0.3) is 0 Å². The van der Waals surface area contributed by atoms with Crippen LogP contribution in [0.3, 0.4) is 0 Å². The first-order valence-corrected chi connectivity index (χ1v) is 7.95. The molecule has 0 fully saturated rings. The zero-order valence-electron chi connectivity index (χ0n) is 13.3. The Morgan fingerprint density at radius 3 is 2.52 bits per heavy atom. The van der Waals surface area contributed by atoms with Crippen molar-refractivity contribution in [3.63, 3.8) is 0 Å². The van der Waals surface area contributed by atoms with E-state index in [1.54, 1.807) is 0 Å². The number of aryl methyl sites for hydroxylation is 3. The maximum atomic E-state index is 6.03. The Morgan fingerprint density at radius 2 is 1.90 bits per heavy atom. The first-order chi connectivity index (χ1) is 10.0. The molecule has 0 bridgehead atoms. The van der Waals surface area contributed by atoms with Crippen LogP contribution in [-0.4, -0.2) is 12.0 Å². The second-order valence-corrected chi connectivity index (χ2v) is 5.82. The van der Waals surface area contributed by atoms with Crippen molar-refractivity contribution < 1.29 is 0 Å². The Balaban J connectivity index is 2.41. The summed E-state index contributed by atoms with van der Waals surface area (Å²) in [5, 5.41) is 0. The lowest BCUT2D eigenvalue weighted by Crippen LogP contribution is -2.14. The number of halogens is 1. The smallest absolute Gasteiger partial charge is 0.133 e. The number of pyridine rings is 1. The number of aromatic nitrogens is 1. The van der Waals surface area contributed by atoms with Crippen LogP contribution in [0.2, 0.25) is 0 Å². The fraction of sp³-hybridized carbons (Fsp3) is 0.389. The van der Waals surface area contributed by atoms with Gasteiger partial charge in [0.2, 0.25) is 0 Å². The topological polar surface area (TPSA) is 16.1 Å². The number of benzene rings is 1. The van der Waals surface area contributed by atoms with Crippen LogP contribution in [0.5, 0.6) is 0 Å². The van der Waals surface area contributed by atoms with Crippen molar-refractivity contribution in [2.45, 2.75) is 39.5 Å². The molecule has 0 aliphatic heterocycles. The molecule has 0 spiro atoms. The first kappa shape index (κ1) is 15.8. The summed E-state index contributed by atoms with van der Waals surface area (Å²) in [5.41, 5.74) is 5.96. The van der Waals surface area contributed by atoms with Gasteiger partial charge >= 0.3 is 0 Å². The highest BCUT2D eigenvalue weighted by Crippen LogP contribution is 2.27. The van der Waals surface area contributed by atoms with Gasteiger partial charge in [0.05, 0.1) is 0 Å². The van der Waals surface area contributed by atoms with Crippen LogP contribution in [-0.2, 0) is 12.3 Å². The monoisotopic (exact) mass is 302 g/mol. The van der Waals surface area contributed by atoms with E-state index in [1.165, 1.54) is 16.8 Å². The van der Waals surface area contributed by atoms with Gasteiger partial charge in [0.15, 0.2) is 0 Å². The Bertz CT molecular complexity index is 623. The molecule has 0 aliphatic carbocycles. The summed E-state index contributed by atoms with van der Waals surface area (Å²) in [4.78, 5) is 6.92. The second kappa shape index (κ2) is 6.95. The van der Waals surface area contributed by atoms with Gasteiger partial charge in [-0.05, 0) is 49.6 Å². The zero-order valence-corrected chi connectivity index (χ0v) is 14.0. The van der Waals surface area contributed by atoms with Gasteiger partial charge in [-0.1, -0.05) is 31.0 Å². The minimum atomic E-state index is 0.521. The van der Waals surface area contributed by atoms with Crippen LogP contribution in [0.15, 0.2) is 30.3 Å². The summed E-state index contributed by atoms with van der Waals surface area (Å²) in [6, 6.07) is 10.7. The van der Waals surface area contributed by atoms with Crippen molar-refractivity contribution in [3.05, 3.63) is 52.7 Å². The fourth-order valence-corrected chi connectivity index (χ4v) is 2.73. The summed E-state index contributed by atoms with van der Waals surface area (Å²) in [7, 11) is 2.06. The molecule has 0 amide bonds. The highest BCUT2D eigenvalue weighted by molar-refractivity contribution is 6.17. The second-order valence-electron chi connectivity index (χ2n) is 5.56. The quantitative estimate of drug-likeness (QED) is 0.709. The highest BCUT2D eigenvalue weighted by atomic mass is 35.5. The summed E-state index contributed by atoms with van der Waals surface area (Å²) in [5.74, 6) is 1.48. The molecular weight excluding hydrogens is 280 g/mol. The Labute approximate surface area is 132 Å². The summed E-state index contributed by atoms with van der Waals surface area (Å²) in [6.45, 7) is 6.42. The highest BCUT2D eigenvalue weighted by Gasteiger charge is 2.10. The third kappa shape index (κ3) is 3.76. The number of hydrogen-bond donors (Lipinski definition) is 0. The third-order valence-electron chi connectivity index (χ3n) is 3.64. The average molecular weight is 303 g/mol. The molecule has 112 valence electrons. The minimum Gasteiger partial charge on any atom is -0.329 e. The molecule has 0 aliphatic rings. The van der Waals surface area contributed by atoms with E-state index in [9.17, 15) is 0 Å². The molecule has 0 unspecified atom stereocenters. The van der Waals surface area contributed by atoms with E-state index in [2.05, 4.69) is 63.1 Å². The summed E-state index contributed by atoms with van der Waals surface area (Å²) in [6.07, 6.45) is 2.07. The van der Waals surface area contributed by atoms with E-state index >= 15 is 0 Å². The molecule has 0 N–H and O–H groups in total. The van der Waals surface area contributed by atoms with E-state index in [4.69, 9.17) is 16.6 Å². The van der Waals surface area contributed by atoms with Crippen LogP contribution in [0.1, 0.15) is 35.7 Å². The van der Waals surface area contributed by atoms with Gasteiger partial charge in [-0.2, -0.15) is 0 Å². The first-order valence-electron chi connectivity index (χ1n) is 7.42. The molecule has 1 aromatic heterocycles. The maximum absolute atomic E-state index is 6.03. The lowest BCUT2D eigenvalue weighted by molar-refractivity contribution is 0.875. The van der Waals surface area contributed by atoms with Gasteiger partial charge < -0.3 is 4.90 Å². The van der Waals surface area contributed by atoms with Crippen LogP contribution in [0, 0.1) is 13.8 Å². The standard InChI is InChI=1S/C18H23ClN2/c1-5-6-16-10-15(12-19)11-18(20-16)21(4)17-8-7-13(2)9-14(17)3/h7-11H,5-6,12H2,1-4H3. The van der Waals surface area contributed by atoms with Gasteiger partial charge in [-0.3, -0.25) is 0 Å². The zero-order chi connectivity index (χ0) is 15.4. The van der Waals surface area contributed by atoms with Crippen LogP contribution >= 0.6 is 11.6 Å². The molecule has 0 saturated carbocycles. The van der Waals surface area contributed by atoms with Crippen molar-refractivity contribution in [2.24, 2.45) is 0 Å². The molecule has 0 radical (unpaired) electrons. The maximum Gasteiger partial charge on any atom is 0.133 e. The van der Waals surface area contributed by atoms with Crippen molar-refractivity contribution in [1.29, 1.82) is 0 Å². The van der Waals surface area contributed by atoms with Crippen LogP contribution < -0.4 is 4.90 Å². The van der Waals surface area contributed by atoms with Gasteiger partial charge in [-0.15, -0.1) is 11.6 Å². The lowest BCUT2D eigenvalue weighted by atomic mass is 10.1. The molecule has 21 heavy (non-hydrogen) atoms. The van der Waals surface area contributed by atoms with Gasteiger partial charge in [0.1, 0.15) is 5.82 Å². The molecule has 1 heterocycles. The number of anilines is 2. The SMILES string of the molecule is CCCc1cc(CCl)cc(N(C)c2ccc(C)cc2C)n1. The Morgan fingerprint density at radius 1 is 1.14 bits per heavy atom. The summed E-state index contributed by atoms with van der Waals surface area (Å²) < 4.78 is 0. The van der Waals surface area contributed by atoms with Crippen molar-refractivity contribution in [3.8, 4) is 0 Å². The normalized spacial score (nSPS) is 10.7. The molecule has 2 aromatic rings. The van der Waals surface area contributed by atoms with Crippen molar-refractivity contribution in [1.82, 2.24) is 4.98 Å². The minimum absolute atomic E-state index is 0.521. The fourth-order valence-electron chi connectivity index (χ4n) is 2.57. The number of rotatable bonds is 5. The molecule has 3 heteroatoms. The van der Waals surface area contributed by atoms with E-state index in [1.807, 2.05) is 0 Å². The van der Waals surface area contributed by atoms with E-state index in [0.29, 0.717) is 5.88 Å². The Kier molecular flexibility index (Phi) is 5.24. The largest absolute Gasteiger partial charge is 0.329 e. The molecule has 2 rings (SSSR count). The third-order valence-corrected chi connectivity index (χ3v) is 3.95. The molecular formula is C18H23ClN2. The molecule has 0 atom stereocenters. The number of hydrogen-bond acceptors (Lipinski definition) is 2. The predicted octanol–water partition coefficient (Wildman–Crippen LogP) is 5.16. The molecule has 2 nitrogen and oxygen atoms in total. The molecule has 0 saturated heterocycles. The number of nitrogens with zero attached hydrogens (tertiary/aromatic N) is 2. The van der Waals surface area contributed by atoms with E-state index in [-0.39, 0.29) is 0 Å². The predicted molar refractivity (Wildman–Crippen MR) is 91.8 cm³/mol.